The minimum Gasteiger partial charge on any atom is -0.496 e. The van der Waals surface area contributed by atoms with Crippen LogP contribution < -0.4 is 15.0 Å². The number of anilines is 1. The van der Waals surface area contributed by atoms with Crippen LogP contribution in [-0.4, -0.2) is 18.3 Å². The van der Waals surface area contributed by atoms with Crippen molar-refractivity contribution in [2.75, 3.05) is 18.1 Å². The van der Waals surface area contributed by atoms with E-state index in [-0.39, 0.29) is 11.0 Å². The maximum atomic E-state index is 11.6. The van der Waals surface area contributed by atoms with Gasteiger partial charge in [0, 0.05) is 35.3 Å². The number of pyridine rings is 1. The standard InChI is InChI=1S/C27H28N2O2S/c1-27(2,3)24-15-21(20-9-11-25(30)28-16-20)14-23(26(24)31-4)19-7-6-18-13-22(29-32-5)10-8-17(18)12-19/h6-16,29H,1-5H3,(H,28,30). The predicted octanol–water partition coefficient (Wildman–Crippen LogP) is 6.86. The third-order valence-corrected chi connectivity index (χ3v) is 6.03. The normalized spacial score (nSPS) is 11.5. The second-order valence-electron chi connectivity index (χ2n) is 8.88. The Balaban J connectivity index is 1.93. The molecule has 0 aliphatic heterocycles. The highest BCUT2D eigenvalue weighted by Gasteiger charge is 2.23. The summed E-state index contributed by atoms with van der Waals surface area (Å²) in [5.74, 6) is 0.880. The van der Waals surface area contributed by atoms with Crippen molar-refractivity contribution >= 4 is 28.4 Å². The first kappa shape index (κ1) is 22.0. The lowest BCUT2D eigenvalue weighted by Crippen LogP contribution is -2.14. The third-order valence-electron chi connectivity index (χ3n) is 5.59. The predicted molar refractivity (Wildman–Crippen MR) is 138 cm³/mol. The van der Waals surface area contributed by atoms with Crippen molar-refractivity contribution in [2.24, 2.45) is 0 Å². The molecular weight excluding hydrogens is 416 g/mol. The number of aromatic amines is 1. The van der Waals surface area contributed by atoms with Gasteiger partial charge in [-0.25, -0.2) is 0 Å². The van der Waals surface area contributed by atoms with Gasteiger partial charge in [0.15, 0.2) is 0 Å². The maximum Gasteiger partial charge on any atom is 0.247 e. The Hall–Kier alpha value is -3.18. The number of H-pyrrole nitrogens is 1. The average molecular weight is 445 g/mol. The molecule has 32 heavy (non-hydrogen) atoms. The van der Waals surface area contributed by atoms with E-state index < -0.39 is 0 Å². The van der Waals surface area contributed by atoms with Crippen LogP contribution in [0.25, 0.3) is 33.0 Å². The molecule has 4 aromatic rings. The summed E-state index contributed by atoms with van der Waals surface area (Å²) >= 11 is 1.58. The lowest BCUT2D eigenvalue weighted by Gasteiger charge is -2.25. The molecule has 0 amide bonds. The molecule has 0 saturated heterocycles. The van der Waals surface area contributed by atoms with E-state index in [2.05, 4.69) is 79.0 Å². The van der Waals surface area contributed by atoms with Gasteiger partial charge < -0.3 is 14.4 Å². The smallest absolute Gasteiger partial charge is 0.247 e. The summed E-state index contributed by atoms with van der Waals surface area (Å²) < 4.78 is 9.25. The van der Waals surface area contributed by atoms with Gasteiger partial charge in [0.2, 0.25) is 5.56 Å². The van der Waals surface area contributed by atoms with E-state index in [9.17, 15) is 4.79 Å². The van der Waals surface area contributed by atoms with Gasteiger partial charge in [-0.15, -0.1) is 0 Å². The largest absolute Gasteiger partial charge is 0.496 e. The van der Waals surface area contributed by atoms with Gasteiger partial charge in [-0.3, -0.25) is 4.79 Å². The number of ether oxygens (including phenoxy) is 1. The SMILES string of the molecule is COc1c(-c2ccc3cc(NSC)ccc3c2)cc(-c2ccc(=O)[nH]c2)cc1C(C)(C)C. The molecule has 0 bridgehead atoms. The Morgan fingerprint density at radius 1 is 0.875 bits per heavy atom. The highest BCUT2D eigenvalue weighted by atomic mass is 32.2. The Morgan fingerprint density at radius 2 is 1.59 bits per heavy atom. The maximum absolute atomic E-state index is 11.6. The molecule has 1 heterocycles. The first-order valence-corrected chi connectivity index (χ1v) is 11.8. The van der Waals surface area contributed by atoms with Crippen LogP contribution in [-0.2, 0) is 5.41 Å². The van der Waals surface area contributed by atoms with Gasteiger partial charge in [-0.2, -0.15) is 0 Å². The van der Waals surface area contributed by atoms with E-state index in [0.717, 1.165) is 39.3 Å². The summed E-state index contributed by atoms with van der Waals surface area (Å²) in [6.07, 6.45) is 3.78. The summed E-state index contributed by atoms with van der Waals surface area (Å²) in [6, 6.07) is 20.6. The molecule has 164 valence electrons. The number of hydrogen-bond donors (Lipinski definition) is 2. The lowest BCUT2D eigenvalue weighted by molar-refractivity contribution is 0.399. The first-order chi connectivity index (χ1) is 15.3. The number of aromatic nitrogens is 1. The summed E-state index contributed by atoms with van der Waals surface area (Å²) in [5.41, 5.74) is 6.13. The van der Waals surface area contributed by atoms with Crippen LogP contribution in [0.4, 0.5) is 5.69 Å². The van der Waals surface area contributed by atoms with Gasteiger partial charge >= 0.3 is 0 Å². The first-order valence-electron chi connectivity index (χ1n) is 10.5. The van der Waals surface area contributed by atoms with Gasteiger partial charge in [0.05, 0.1) is 7.11 Å². The third kappa shape index (κ3) is 4.39. The molecule has 0 atom stereocenters. The molecule has 0 saturated carbocycles. The van der Waals surface area contributed by atoms with Crippen LogP contribution in [0.15, 0.2) is 71.7 Å². The van der Waals surface area contributed by atoms with Gasteiger partial charge in [-0.05, 0) is 69.3 Å². The Kier molecular flexibility index (Phi) is 6.02. The molecule has 3 aromatic carbocycles. The fourth-order valence-corrected chi connectivity index (χ4v) is 4.33. The quantitative estimate of drug-likeness (QED) is 0.330. The van der Waals surface area contributed by atoms with Crippen molar-refractivity contribution in [3.63, 3.8) is 0 Å². The fourth-order valence-electron chi connectivity index (χ4n) is 3.97. The summed E-state index contributed by atoms with van der Waals surface area (Å²) in [7, 11) is 1.73. The monoisotopic (exact) mass is 444 g/mol. The summed E-state index contributed by atoms with van der Waals surface area (Å²) in [6.45, 7) is 6.56. The Bertz CT molecular complexity index is 1320. The van der Waals surface area contributed by atoms with E-state index in [1.165, 1.54) is 10.8 Å². The van der Waals surface area contributed by atoms with Gasteiger partial charge in [-0.1, -0.05) is 50.9 Å². The zero-order valence-electron chi connectivity index (χ0n) is 19.1. The minimum atomic E-state index is -0.118. The van der Waals surface area contributed by atoms with Crippen molar-refractivity contribution < 1.29 is 4.74 Å². The number of benzene rings is 3. The molecule has 0 radical (unpaired) electrons. The number of fused-ring (bicyclic) bond motifs is 1. The second kappa shape index (κ2) is 8.75. The molecule has 5 heteroatoms. The van der Waals surface area contributed by atoms with E-state index in [1.807, 2.05) is 12.3 Å². The molecule has 0 aliphatic rings. The molecule has 0 fully saturated rings. The van der Waals surface area contributed by atoms with Crippen LogP contribution in [0.3, 0.4) is 0 Å². The van der Waals surface area contributed by atoms with E-state index >= 15 is 0 Å². The Morgan fingerprint density at radius 3 is 2.25 bits per heavy atom. The van der Waals surface area contributed by atoms with Crippen molar-refractivity contribution in [1.82, 2.24) is 4.98 Å². The minimum absolute atomic E-state index is 0.108. The van der Waals surface area contributed by atoms with Crippen molar-refractivity contribution in [3.05, 3.63) is 82.8 Å². The molecule has 0 unspecified atom stereocenters. The van der Waals surface area contributed by atoms with E-state index in [1.54, 1.807) is 31.3 Å². The zero-order valence-corrected chi connectivity index (χ0v) is 19.9. The van der Waals surface area contributed by atoms with E-state index in [0.29, 0.717) is 0 Å². The number of hydrogen-bond acceptors (Lipinski definition) is 4. The highest BCUT2D eigenvalue weighted by Crippen LogP contribution is 2.43. The molecule has 0 spiro atoms. The number of nitrogens with one attached hydrogen (secondary N) is 2. The second-order valence-corrected chi connectivity index (χ2v) is 9.49. The topological polar surface area (TPSA) is 54.1 Å². The molecular formula is C27H28N2O2S. The van der Waals surface area contributed by atoms with Crippen LogP contribution in [0, 0.1) is 0 Å². The highest BCUT2D eigenvalue weighted by molar-refractivity contribution is 7.99. The van der Waals surface area contributed by atoms with E-state index in [4.69, 9.17) is 4.74 Å². The summed E-state index contributed by atoms with van der Waals surface area (Å²) in [4.78, 5) is 14.4. The van der Waals surface area contributed by atoms with Crippen LogP contribution in [0.2, 0.25) is 0 Å². The molecule has 4 nitrogen and oxygen atoms in total. The molecule has 4 rings (SSSR count). The average Bonchev–Trinajstić information content (AvgIpc) is 2.78. The fraction of sp³-hybridized carbons (Fsp3) is 0.222. The lowest BCUT2D eigenvalue weighted by atomic mass is 9.82. The molecule has 1 aromatic heterocycles. The van der Waals surface area contributed by atoms with Crippen molar-refractivity contribution in [3.8, 4) is 28.0 Å². The van der Waals surface area contributed by atoms with Gasteiger partial charge in [0.1, 0.15) is 5.75 Å². The van der Waals surface area contributed by atoms with Crippen LogP contribution >= 0.6 is 11.9 Å². The zero-order chi connectivity index (χ0) is 22.9. The Labute approximate surface area is 193 Å². The summed E-state index contributed by atoms with van der Waals surface area (Å²) in [5, 5.41) is 2.35. The van der Waals surface area contributed by atoms with Crippen molar-refractivity contribution in [1.29, 1.82) is 0 Å². The molecule has 2 N–H and O–H groups in total. The van der Waals surface area contributed by atoms with Crippen molar-refractivity contribution in [2.45, 2.75) is 26.2 Å². The number of methoxy groups -OCH3 is 1. The van der Waals surface area contributed by atoms with Crippen LogP contribution in [0.5, 0.6) is 5.75 Å². The number of rotatable bonds is 5. The van der Waals surface area contributed by atoms with Crippen LogP contribution in [0.1, 0.15) is 26.3 Å². The molecule has 0 aliphatic carbocycles. The van der Waals surface area contributed by atoms with Gasteiger partial charge in [0.25, 0.3) is 0 Å².